The number of aromatic nitrogens is 8. The smallest absolute Gasteiger partial charge is 0.285 e. The average molecular weight is 516 g/mol. The van der Waals surface area contributed by atoms with Gasteiger partial charge in [-0.05, 0) is 24.6 Å². The number of fused-ring (bicyclic) bond motifs is 2. The van der Waals surface area contributed by atoms with E-state index in [1.54, 1.807) is 36.8 Å². The van der Waals surface area contributed by atoms with E-state index in [0.717, 1.165) is 6.42 Å². The molecule has 5 aromatic rings. The number of nitrogens with zero attached hydrogens (tertiary/aromatic N) is 8. The lowest BCUT2D eigenvalue weighted by Crippen LogP contribution is -2.45. The van der Waals surface area contributed by atoms with Gasteiger partial charge < -0.3 is 4.90 Å². The number of hydrogen-bond donors (Lipinski definition) is 1. The van der Waals surface area contributed by atoms with Crippen molar-refractivity contribution in [2.24, 2.45) is 0 Å². The fraction of sp³-hybridized carbons (Fsp3) is 0.200. The van der Waals surface area contributed by atoms with Gasteiger partial charge in [0.15, 0.2) is 11.5 Å². The molecule has 1 aliphatic heterocycles. The van der Waals surface area contributed by atoms with Gasteiger partial charge in [-0.25, -0.2) is 24.0 Å². The summed E-state index contributed by atoms with van der Waals surface area (Å²) in [6.07, 6.45) is 7.00. The largest absolute Gasteiger partial charge is 0.345 e. The van der Waals surface area contributed by atoms with E-state index in [2.05, 4.69) is 25.1 Å². The second-order valence-corrected chi connectivity index (χ2v) is 9.27. The third-order valence-corrected chi connectivity index (χ3v) is 6.89. The molecule has 1 N–H and O–H groups in total. The molecule has 0 aliphatic carbocycles. The third kappa shape index (κ3) is 3.30. The van der Waals surface area contributed by atoms with E-state index in [1.807, 2.05) is 11.0 Å². The molecule has 0 radical (unpaired) electrons. The fourth-order valence-corrected chi connectivity index (χ4v) is 4.99. The van der Waals surface area contributed by atoms with Crippen LogP contribution in [-0.4, -0.2) is 56.3 Å². The molecule has 0 bridgehead atoms. The summed E-state index contributed by atoms with van der Waals surface area (Å²) in [6.45, 7) is 0.667. The van der Waals surface area contributed by atoms with Crippen molar-refractivity contribution in [3.05, 3.63) is 64.2 Å². The minimum absolute atomic E-state index is 0. The van der Waals surface area contributed by atoms with Gasteiger partial charge in [0, 0.05) is 25.2 Å². The Morgan fingerprint density at radius 2 is 2.06 bits per heavy atom. The monoisotopic (exact) mass is 515 g/mol. The second-order valence-electron chi connectivity index (χ2n) is 7.54. The second kappa shape index (κ2) is 8.49. The Morgan fingerprint density at radius 1 is 1.21 bits per heavy atom. The molecule has 0 aromatic carbocycles. The molecule has 34 heavy (non-hydrogen) atoms. The lowest BCUT2D eigenvalue weighted by Gasteiger charge is -2.41. The topological polar surface area (TPSA) is 127 Å². The van der Waals surface area contributed by atoms with E-state index in [0.29, 0.717) is 45.1 Å². The summed E-state index contributed by atoms with van der Waals surface area (Å²) in [7, 11) is -1.31. The van der Waals surface area contributed by atoms with Crippen molar-refractivity contribution in [3.63, 3.8) is 0 Å². The Morgan fingerprint density at radius 3 is 2.76 bits per heavy atom. The average Bonchev–Trinajstić information content (AvgIpc) is 3.38. The SMILES string of the molecule is CS(=O)c1[nH]nc2ncnc(N3CC[C@H]3c3nn4ccc(Cl)c4c(=O)n3-c3ccccn3)c12.S. The van der Waals surface area contributed by atoms with Crippen molar-refractivity contribution in [1.29, 1.82) is 0 Å². The van der Waals surface area contributed by atoms with Gasteiger partial charge in [-0.2, -0.15) is 23.7 Å². The molecule has 1 fully saturated rings. The predicted molar refractivity (Wildman–Crippen MR) is 133 cm³/mol. The van der Waals surface area contributed by atoms with Gasteiger partial charge in [0.05, 0.1) is 27.3 Å². The zero-order chi connectivity index (χ0) is 22.7. The van der Waals surface area contributed by atoms with Crippen molar-refractivity contribution in [2.45, 2.75) is 17.5 Å². The van der Waals surface area contributed by atoms with E-state index in [1.165, 1.54) is 15.4 Å². The number of rotatable bonds is 4. The molecule has 1 unspecified atom stereocenters. The highest BCUT2D eigenvalue weighted by Crippen LogP contribution is 2.39. The molecule has 2 atom stereocenters. The number of anilines is 1. The van der Waals surface area contributed by atoms with Crippen molar-refractivity contribution >= 4 is 58.3 Å². The van der Waals surface area contributed by atoms with Crippen LogP contribution in [0, 0.1) is 0 Å². The van der Waals surface area contributed by atoms with Crippen LogP contribution in [0.15, 0.2) is 52.8 Å². The Hall–Kier alpha value is -3.29. The minimum Gasteiger partial charge on any atom is -0.345 e. The summed E-state index contributed by atoms with van der Waals surface area (Å²) in [4.78, 5) is 28.6. The van der Waals surface area contributed by atoms with Crippen LogP contribution < -0.4 is 10.5 Å². The van der Waals surface area contributed by atoms with Crippen molar-refractivity contribution < 1.29 is 4.21 Å². The van der Waals surface area contributed by atoms with E-state index in [9.17, 15) is 9.00 Å². The summed E-state index contributed by atoms with van der Waals surface area (Å²) in [5, 5.41) is 13.1. The van der Waals surface area contributed by atoms with E-state index < -0.39 is 10.8 Å². The Bertz CT molecular complexity index is 1620. The summed E-state index contributed by atoms with van der Waals surface area (Å²) >= 11 is 6.28. The van der Waals surface area contributed by atoms with Gasteiger partial charge in [-0.15, -0.1) is 0 Å². The van der Waals surface area contributed by atoms with Gasteiger partial charge in [0.1, 0.15) is 28.5 Å². The van der Waals surface area contributed by atoms with Gasteiger partial charge in [-0.1, -0.05) is 17.7 Å². The predicted octanol–water partition coefficient (Wildman–Crippen LogP) is 2.00. The summed E-state index contributed by atoms with van der Waals surface area (Å²) < 4.78 is 15.3. The molecule has 1 saturated heterocycles. The van der Waals surface area contributed by atoms with Gasteiger partial charge in [0.2, 0.25) is 0 Å². The highest BCUT2D eigenvalue weighted by molar-refractivity contribution is 7.84. The summed E-state index contributed by atoms with van der Waals surface area (Å²) in [5.74, 6) is 1.53. The molecular formula is C20H18ClN9O2S2. The first-order chi connectivity index (χ1) is 16.0. The normalized spacial score (nSPS) is 16.4. The fourth-order valence-electron chi connectivity index (χ4n) is 4.12. The summed E-state index contributed by atoms with van der Waals surface area (Å²) in [5.41, 5.74) is 0.394. The molecule has 1 aliphatic rings. The number of H-pyrrole nitrogens is 1. The lowest BCUT2D eigenvalue weighted by molar-refractivity contribution is 0.423. The van der Waals surface area contributed by atoms with Crippen LogP contribution in [0.1, 0.15) is 18.3 Å². The number of aromatic amines is 1. The zero-order valence-electron chi connectivity index (χ0n) is 17.7. The van der Waals surface area contributed by atoms with Crippen LogP contribution in [0.3, 0.4) is 0 Å². The first-order valence-corrected chi connectivity index (χ1v) is 12.0. The molecule has 6 heterocycles. The van der Waals surface area contributed by atoms with E-state index in [-0.39, 0.29) is 30.6 Å². The van der Waals surface area contributed by atoms with Crippen LogP contribution in [0.25, 0.3) is 22.4 Å². The third-order valence-electron chi connectivity index (χ3n) is 5.72. The van der Waals surface area contributed by atoms with Gasteiger partial charge >= 0.3 is 0 Å². The number of pyridine rings is 1. The van der Waals surface area contributed by atoms with Gasteiger partial charge in [0.25, 0.3) is 5.56 Å². The number of nitrogens with one attached hydrogen (secondary N) is 1. The highest BCUT2D eigenvalue weighted by Gasteiger charge is 2.37. The number of hydrogen-bond acceptors (Lipinski definition) is 8. The molecule has 0 saturated carbocycles. The first kappa shape index (κ1) is 22.5. The summed E-state index contributed by atoms with van der Waals surface area (Å²) in [6, 6.07) is 6.70. The molecule has 0 spiro atoms. The quantitative estimate of drug-likeness (QED) is 0.385. The van der Waals surface area contributed by atoms with Crippen molar-refractivity contribution in [1.82, 2.24) is 39.3 Å². The standard InChI is InChI=1S/C20H16ClN9O2S.H2S/c1-33(32)19-14-16(25-26-19)23-10-24-18(14)28-8-6-12(28)17-27-29-9-5-11(21)15(29)20(31)30(17)13-4-2-3-7-22-13;/h2-5,7,9-10,12H,6,8H2,1H3,(H,23,24,25,26);1H2/t12-,33?;/m0./s1. The van der Waals surface area contributed by atoms with Gasteiger partial charge in [-0.3, -0.25) is 14.1 Å². The lowest BCUT2D eigenvalue weighted by atomic mass is 10.0. The Labute approximate surface area is 206 Å². The van der Waals surface area contributed by atoms with Crippen molar-refractivity contribution in [2.75, 3.05) is 17.7 Å². The highest BCUT2D eigenvalue weighted by atomic mass is 35.5. The van der Waals surface area contributed by atoms with Crippen LogP contribution in [-0.2, 0) is 10.8 Å². The Balaban J connectivity index is 0.00000241. The van der Waals surface area contributed by atoms with Crippen LogP contribution in [0.5, 0.6) is 0 Å². The molecule has 11 nitrogen and oxygen atoms in total. The first-order valence-electron chi connectivity index (χ1n) is 10.0. The number of halogens is 1. The van der Waals surface area contributed by atoms with E-state index >= 15 is 0 Å². The molecular weight excluding hydrogens is 498 g/mol. The van der Waals surface area contributed by atoms with E-state index in [4.69, 9.17) is 16.7 Å². The van der Waals surface area contributed by atoms with Crippen molar-refractivity contribution in [3.8, 4) is 5.82 Å². The van der Waals surface area contributed by atoms with Crippen LogP contribution in [0.2, 0.25) is 5.02 Å². The molecule has 6 rings (SSSR count). The minimum atomic E-state index is -1.31. The zero-order valence-corrected chi connectivity index (χ0v) is 20.3. The maximum atomic E-state index is 13.5. The molecule has 5 aromatic heterocycles. The maximum absolute atomic E-state index is 13.5. The molecule has 14 heteroatoms. The Kier molecular flexibility index (Phi) is 5.62. The molecule has 174 valence electrons. The molecule has 0 amide bonds. The van der Waals surface area contributed by atoms with Crippen LogP contribution in [0.4, 0.5) is 5.82 Å². The van der Waals surface area contributed by atoms with Crippen LogP contribution >= 0.6 is 25.1 Å². The maximum Gasteiger partial charge on any atom is 0.285 e.